The third-order valence-electron chi connectivity index (χ3n) is 5.11. The maximum atomic E-state index is 12.6. The van der Waals surface area contributed by atoms with Crippen molar-refractivity contribution in [3.8, 4) is 5.75 Å². The van der Waals surface area contributed by atoms with Crippen LogP contribution in [-0.2, 0) is 11.2 Å². The lowest BCUT2D eigenvalue weighted by Crippen LogP contribution is -2.53. The predicted molar refractivity (Wildman–Crippen MR) is 100 cm³/mol. The van der Waals surface area contributed by atoms with E-state index in [4.69, 9.17) is 4.74 Å². The Labute approximate surface area is 153 Å². The number of methoxy groups -OCH3 is 1. The van der Waals surface area contributed by atoms with Crippen LogP contribution in [0, 0.1) is 0 Å². The van der Waals surface area contributed by atoms with E-state index in [1.54, 1.807) is 18.2 Å². The average molecular weight is 349 g/mol. The van der Waals surface area contributed by atoms with Gasteiger partial charge in [-0.3, -0.25) is 9.80 Å². The second-order valence-electron chi connectivity index (χ2n) is 6.85. The SMILES string of the molecule is COc1ccc(C2C(C)NN3C(=O)C=C(Cc4ccccc4)NC23)cc1. The summed E-state index contributed by atoms with van der Waals surface area (Å²) in [5, 5.41) is 5.29. The van der Waals surface area contributed by atoms with E-state index < -0.39 is 0 Å². The number of hydrogen-bond acceptors (Lipinski definition) is 4. The summed E-state index contributed by atoms with van der Waals surface area (Å²) in [7, 11) is 1.67. The van der Waals surface area contributed by atoms with E-state index in [1.165, 1.54) is 11.1 Å². The molecule has 3 unspecified atom stereocenters. The van der Waals surface area contributed by atoms with Crippen molar-refractivity contribution in [3.05, 3.63) is 77.5 Å². The van der Waals surface area contributed by atoms with Crippen molar-refractivity contribution in [2.24, 2.45) is 0 Å². The van der Waals surface area contributed by atoms with Crippen LogP contribution in [0.15, 0.2) is 66.4 Å². The van der Waals surface area contributed by atoms with Gasteiger partial charge < -0.3 is 10.1 Å². The van der Waals surface area contributed by atoms with E-state index in [1.807, 2.05) is 30.3 Å². The van der Waals surface area contributed by atoms with E-state index in [0.29, 0.717) is 0 Å². The lowest BCUT2D eigenvalue weighted by molar-refractivity contribution is -0.131. The number of nitrogens with one attached hydrogen (secondary N) is 2. The van der Waals surface area contributed by atoms with Gasteiger partial charge in [-0.2, -0.15) is 0 Å². The minimum Gasteiger partial charge on any atom is -0.497 e. The Balaban J connectivity index is 1.59. The number of fused-ring (bicyclic) bond motifs is 1. The Kier molecular flexibility index (Phi) is 4.39. The molecule has 2 aliphatic rings. The number of ether oxygens (including phenoxy) is 1. The molecule has 134 valence electrons. The van der Waals surface area contributed by atoms with Gasteiger partial charge in [-0.05, 0) is 30.2 Å². The number of hydrogen-bond donors (Lipinski definition) is 2. The quantitative estimate of drug-likeness (QED) is 0.891. The van der Waals surface area contributed by atoms with Crippen molar-refractivity contribution in [2.75, 3.05) is 7.11 Å². The zero-order valence-electron chi connectivity index (χ0n) is 15.0. The van der Waals surface area contributed by atoms with Gasteiger partial charge in [-0.15, -0.1) is 0 Å². The minimum atomic E-state index is -0.102. The van der Waals surface area contributed by atoms with E-state index in [2.05, 4.69) is 41.9 Å². The molecule has 1 saturated heterocycles. The zero-order chi connectivity index (χ0) is 18.1. The highest BCUT2D eigenvalue weighted by atomic mass is 16.5. The Morgan fingerprint density at radius 1 is 1.08 bits per heavy atom. The molecule has 0 radical (unpaired) electrons. The molecule has 0 bridgehead atoms. The Hall–Kier alpha value is -2.79. The molecule has 2 heterocycles. The van der Waals surface area contributed by atoms with Gasteiger partial charge in [0.15, 0.2) is 0 Å². The molecule has 0 spiro atoms. The van der Waals surface area contributed by atoms with Gasteiger partial charge in [0.2, 0.25) is 0 Å². The molecule has 1 amide bonds. The largest absolute Gasteiger partial charge is 0.497 e. The number of benzene rings is 2. The summed E-state index contributed by atoms with van der Waals surface area (Å²) in [6.45, 7) is 2.11. The second kappa shape index (κ2) is 6.84. The predicted octanol–water partition coefficient (Wildman–Crippen LogP) is 2.57. The number of carbonyl (C=O) groups is 1. The smallest absolute Gasteiger partial charge is 0.264 e. The van der Waals surface area contributed by atoms with Crippen LogP contribution in [0.3, 0.4) is 0 Å². The molecule has 2 aromatic rings. The first kappa shape index (κ1) is 16.7. The number of rotatable bonds is 4. The Bertz CT molecular complexity index is 817. The molecular weight excluding hydrogens is 326 g/mol. The lowest BCUT2D eigenvalue weighted by Gasteiger charge is -2.33. The molecular formula is C21H23N3O2. The molecule has 3 atom stereocenters. The standard InChI is InChI=1S/C21H23N3O2/c1-14-20(16-8-10-18(26-2)11-9-16)21-22-17(13-19(25)24(21)23-14)12-15-6-4-3-5-7-15/h3-11,13-14,20-23H,12H2,1-2H3. The summed E-state index contributed by atoms with van der Waals surface area (Å²) in [6.07, 6.45) is 2.31. The average Bonchev–Trinajstić information content (AvgIpc) is 2.99. The monoisotopic (exact) mass is 349 g/mol. The third-order valence-corrected chi connectivity index (χ3v) is 5.11. The number of amides is 1. The maximum Gasteiger partial charge on any atom is 0.264 e. The number of nitrogens with zero attached hydrogens (tertiary/aromatic N) is 1. The van der Waals surface area contributed by atoms with Crippen molar-refractivity contribution in [2.45, 2.75) is 31.5 Å². The van der Waals surface area contributed by atoms with Crippen LogP contribution < -0.4 is 15.5 Å². The van der Waals surface area contributed by atoms with E-state index in [0.717, 1.165) is 17.9 Å². The summed E-state index contributed by atoms with van der Waals surface area (Å²) in [6, 6.07) is 18.4. The van der Waals surface area contributed by atoms with Crippen LogP contribution in [0.4, 0.5) is 0 Å². The molecule has 2 aromatic carbocycles. The highest BCUT2D eigenvalue weighted by molar-refractivity contribution is 5.89. The van der Waals surface area contributed by atoms with Crippen molar-refractivity contribution in [3.63, 3.8) is 0 Å². The van der Waals surface area contributed by atoms with Gasteiger partial charge in [0.25, 0.3) is 5.91 Å². The minimum absolute atomic E-state index is 0.00235. The number of hydrazine groups is 1. The first-order valence-electron chi connectivity index (χ1n) is 8.90. The van der Waals surface area contributed by atoms with Gasteiger partial charge >= 0.3 is 0 Å². The number of carbonyl (C=O) groups excluding carboxylic acids is 1. The Morgan fingerprint density at radius 2 is 1.81 bits per heavy atom. The summed E-state index contributed by atoms with van der Waals surface area (Å²) < 4.78 is 5.26. The highest BCUT2D eigenvalue weighted by Gasteiger charge is 2.44. The summed E-state index contributed by atoms with van der Waals surface area (Å²) in [5.41, 5.74) is 6.64. The molecule has 0 aliphatic carbocycles. The van der Waals surface area contributed by atoms with E-state index >= 15 is 0 Å². The van der Waals surface area contributed by atoms with Crippen LogP contribution in [0.5, 0.6) is 5.75 Å². The summed E-state index contributed by atoms with van der Waals surface area (Å²) >= 11 is 0. The van der Waals surface area contributed by atoms with Crippen LogP contribution in [-0.4, -0.2) is 30.2 Å². The molecule has 4 rings (SSSR count). The van der Waals surface area contributed by atoms with Crippen LogP contribution in [0.2, 0.25) is 0 Å². The molecule has 5 heteroatoms. The highest BCUT2D eigenvalue weighted by Crippen LogP contribution is 2.34. The third kappa shape index (κ3) is 3.06. The van der Waals surface area contributed by atoms with Crippen molar-refractivity contribution in [1.29, 1.82) is 0 Å². The molecule has 1 fully saturated rings. The first-order valence-corrected chi connectivity index (χ1v) is 8.90. The van der Waals surface area contributed by atoms with Crippen molar-refractivity contribution in [1.82, 2.24) is 15.8 Å². The molecule has 5 nitrogen and oxygen atoms in total. The topological polar surface area (TPSA) is 53.6 Å². The molecule has 0 aromatic heterocycles. The van der Waals surface area contributed by atoms with E-state index in [9.17, 15) is 4.79 Å². The van der Waals surface area contributed by atoms with Gasteiger partial charge in [0.1, 0.15) is 11.9 Å². The molecule has 2 N–H and O–H groups in total. The fourth-order valence-electron chi connectivity index (χ4n) is 3.83. The van der Waals surface area contributed by atoms with Gasteiger partial charge in [0.05, 0.1) is 7.11 Å². The maximum absolute atomic E-state index is 12.6. The fraction of sp³-hybridized carbons (Fsp3) is 0.286. The zero-order valence-corrected chi connectivity index (χ0v) is 15.0. The second-order valence-corrected chi connectivity index (χ2v) is 6.85. The van der Waals surface area contributed by atoms with Gasteiger partial charge in [0, 0.05) is 30.2 Å². The Morgan fingerprint density at radius 3 is 2.50 bits per heavy atom. The van der Waals surface area contributed by atoms with Crippen LogP contribution in [0.1, 0.15) is 24.0 Å². The normalized spacial score (nSPS) is 24.7. The van der Waals surface area contributed by atoms with E-state index in [-0.39, 0.29) is 24.0 Å². The van der Waals surface area contributed by atoms with Gasteiger partial charge in [-0.25, -0.2) is 5.43 Å². The van der Waals surface area contributed by atoms with Gasteiger partial charge in [-0.1, -0.05) is 42.5 Å². The lowest BCUT2D eigenvalue weighted by atomic mass is 9.90. The molecule has 26 heavy (non-hydrogen) atoms. The number of allylic oxidation sites excluding steroid dienone is 1. The van der Waals surface area contributed by atoms with Crippen LogP contribution in [0.25, 0.3) is 0 Å². The molecule has 2 aliphatic heterocycles. The molecule has 0 saturated carbocycles. The summed E-state index contributed by atoms with van der Waals surface area (Å²) in [4.78, 5) is 12.6. The van der Waals surface area contributed by atoms with Crippen LogP contribution >= 0.6 is 0 Å². The van der Waals surface area contributed by atoms with Crippen molar-refractivity contribution < 1.29 is 9.53 Å². The summed E-state index contributed by atoms with van der Waals surface area (Å²) in [5.74, 6) is 0.994. The fourth-order valence-corrected chi connectivity index (χ4v) is 3.83. The van der Waals surface area contributed by atoms with Crippen molar-refractivity contribution >= 4 is 5.91 Å². The first-order chi connectivity index (χ1) is 12.7.